The molecule has 0 saturated carbocycles. The van der Waals surface area contributed by atoms with Crippen molar-refractivity contribution in [3.05, 3.63) is 23.8 Å². The van der Waals surface area contributed by atoms with E-state index in [1.165, 1.54) is 12.1 Å². The molecule has 0 aromatic heterocycles. The molecule has 0 radical (unpaired) electrons. The van der Waals surface area contributed by atoms with Gasteiger partial charge in [-0.25, -0.2) is 14.4 Å². The quantitative estimate of drug-likeness (QED) is 0.190. The monoisotopic (exact) mass is 555 g/mol. The summed E-state index contributed by atoms with van der Waals surface area (Å²) in [4.78, 5) is 48.3. The van der Waals surface area contributed by atoms with E-state index in [2.05, 4.69) is 0 Å². The van der Waals surface area contributed by atoms with Gasteiger partial charge in [-0.15, -0.1) is 0 Å². The first-order valence-electron chi connectivity index (χ1n) is 12.9. The fourth-order valence-electron chi connectivity index (χ4n) is 2.67. The molecule has 12 nitrogen and oxygen atoms in total. The van der Waals surface area contributed by atoms with Crippen LogP contribution in [0.1, 0.15) is 60.5 Å². The third kappa shape index (κ3) is 14.3. The van der Waals surface area contributed by atoms with Crippen LogP contribution in [-0.4, -0.2) is 62.5 Å². The molecular weight excluding hydrogens is 514 g/mol. The molecule has 0 saturated heterocycles. The molecule has 1 aromatic rings. The molecule has 1 rings (SSSR count). The van der Waals surface area contributed by atoms with Crippen LogP contribution in [0.25, 0.3) is 0 Å². The largest absolute Gasteiger partial charge is 0.513 e. The van der Waals surface area contributed by atoms with E-state index in [4.69, 9.17) is 38.9 Å². The van der Waals surface area contributed by atoms with E-state index in [0.717, 1.165) is 0 Å². The first-order valence-corrected chi connectivity index (χ1v) is 12.9. The molecule has 1 unspecified atom stereocenters. The lowest BCUT2D eigenvalue weighted by Gasteiger charge is -2.17. The van der Waals surface area contributed by atoms with Crippen molar-refractivity contribution in [2.75, 3.05) is 19.8 Å². The summed E-state index contributed by atoms with van der Waals surface area (Å²) in [6.45, 7) is 12.6. The smallest absolute Gasteiger partial charge is 0.461 e. The zero-order chi connectivity index (χ0) is 29.5. The summed E-state index contributed by atoms with van der Waals surface area (Å²) < 4.78 is 35.7. The van der Waals surface area contributed by atoms with Gasteiger partial charge in [0.15, 0.2) is 11.5 Å². The van der Waals surface area contributed by atoms with E-state index in [1.54, 1.807) is 19.9 Å². The highest BCUT2D eigenvalue weighted by atomic mass is 16.8. The Kier molecular flexibility index (Phi) is 14.7. The first kappa shape index (κ1) is 33.5. The van der Waals surface area contributed by atoms with Crippen molar-refractivity contribution in [1.82, 2.24) is 0 Å². The topological polar surface area (TPSA) is 159 Å². The van der Waals surface area contributed by atoms with Gasteiger partial charge in [0.1, 0.15) is 24.9 Å². The molecule has 0 aliphatic rings. The average Bonchev–Trinajstić information content (AvgIpc) is 2.85. The normalized spacial score (nSPS) is 13.2. The Morgan fingerprint density at radius 3 is 1.79 bits per heavy atom. The van der Waals surface area contributed by atoms with E-state index in [-0.39, 0.29) is 55.7 Å². The standard InChI is InChI=1S/C27H41NO11/c1-8-18(6)36-27(32)37-19(7)15-33-24(29)21(28)11-20-9-10-22(38-25(30)34-13-16(2)3)23(12-20)39-26(31)35-14-17(4)5/h9-10,12,16-19,21H,8,11,13-15,28H2,1-7H3/t18?,19-,21-/m0/s1. The summed E-state index contributed by atoms with van der Waals surface area (Å²) in [7, 11) is 0. The van der Waals surface area contributed by atoms with Gasteiger partial charge in [0, 0.05) is 0 Å². The zero-order valence-electron chi connectivity index (χ0n) is 23.7. The molecule has 0 bridgehead atoms. The van der Waals surface area contributed by atoms with Crippen molar-refractivity contribution in [2.24, 2.45) is 17.6 Å². The minimum Gasteiger partial charge on any atom is -0.461 e. The molecule has 1 aromatic carbocycles. The highest BCUT2D eigenvalue weighted by Gasteiger charge is 2.22. The molecule has 0 aliphatic heterocycles. The van der Waals surface area contributed by atoms with Gasteiger partial charge < -0.3 is 38.9 Å². The Morgan fingerprint density at radius 1 is 0.718 bits per heavy atom. The van der Waals surface area contributed by atoms with Crippen molar-refractivity contribution in [2.45, 2.75) is 79.6 Å². The van der Waals surface area contributed by atoms with Crippen molar-refractivity contribution in [3.8, 4) is 11.5 Å². The van der Waals surface area contributed by atoms with E-state index < -0.39 is 36.6 Å². The summed E-state index contributed by atoms with van der Waals surface area (Å²) in [6.07, 6.45) is -3.23. The lowest BCUT2D eigenvalue weighted by molar-refractivity contribution is -0.148. The van der Waals surface area contributed by atoms with Crippen molar-refractivity contribution >= 4 is 24.4 Å². The number of carbonyl (C=O) groups is 4. The highest BCUT2D eigenvalue weighted by molar-refractivity contribution is 5.76. The predicted molar refractivity (Wildman–Crippen MR) is 139 cm³/mol. The molecule has 0 fully saturated rings. The number of benzene rings is 1. The van der Waals surface area contributed by atoms with Crippen molar-refractivity contribution in [3.63, 3.8) is 0 Å². The number of rotatable bonds is 14. The molecular formula is C27H41NO11. The van der Waals surface area contributed by atoms with Crippen molar-refractivity contribution in [1.29, 1.82) is 0 Å². The average molecular weight is 556 g/mol. The van der Waals surface area contributed by atoms with Crippen LogP contribution >= 0.6 is 0 Å². The Labute approximate surface area is 229 Å². The van der Waals surface area contributed by atoms with Crippen LogP contribution in [0.4, 0.5) is 14.4 Å². The Hall–Kier alpha value is -3.54. The van der Waals surface area contributed by atoms with Crippen LogP contribution in [0.5, 0.6) is 11.5 Å². The van der Waals surface area contributed by atoms with Crippen LogP contribution in [0.2, 0.25) is 0 Å². The third-order valence-electron chi connectivity index (χ3n) is 4.85. The maximum Gasteiger partial charge on any atom is 0.513 e. The molecule has 0 amide bonds. The molecule has 0 heterocycles. The van der Waals surface area contributed by atoms with Gasteiger partial charge in [-0.2, -0.15) is 0 Å². The predicted octanol–water partition coefficient (Wildman–Crippen LogP) is 4.78. The van der Waals surface area contributed by atoms with E-state index >= 15 is 0 Å². The highest BCUT2D eigenvalue weighted by Crippen LogP contribution is 2.30. The molecule has 220 valence electrons. The first-order chi connectivity index (χ1) is 18.3. The number of carbonyl (C=O) groups excluding carboxylic acids is 4. The van der Waals surface area contributed by atoms with Crippen LogP contribution < -0.4 is 15.2 Å². The van der Waals surface area contributed by atoms with Crippen LogP contribution in [0.15, 0.2) is 18.2 Å². The van der Waals surface area contributed by atoms with Gasteiger partial charge in [-0.05, 0) is 56.2 Å². The lowest BCUT2D eigenvalue weighted by atomic mass is 10.1. The number of hydrogen-bond donors (Lipinski definition) is 1. The lowest BCUT2D eigenvalue weighted by Crippen LogP contribution is -2.36. The number of nitrogens with two attached hydrogens (primary N) is 1. The molecule has 39 heavy (non-hydrogen) atoms. The SMILES string of the molecule is CCC(C)OC(=O)O[C@@H](C)COC(=O)[C@@H](N)Cc1ccc(OC(=O)OCC(C)C)c(OC(=O)OCC(C)C)c1. The summed E-state index contributed by atoms with van der Waals surface area (Å²) >= 11 is 0. The number of hydrogen-bond acceptors (Lipinski definition) is 12. The van der Waals surface area contributed by atoms with Gasteiger partial charge in [-0.3, -0.25) is 4.79 Å². The fourth-order valence-corrected chi connectivity index (χ4v) is 2.67. The minimum atomic E-state index is -1.09. The van der Waals surface area contributed by atoms with Crippen LogP contribution in [-0.2, 0) is 34.9 Å². The Morgan fingerprint density at radius 2 is 1.26 bits per heavy atom. The minimum absolute atomic E-state index is 0.000392. The fraction of sp³-hybridized carbons (Fsp3) is 0.630. The maximum atomic E-state index is 12.4. The van der Waals surface area contributed by atoms with Gasteiger partial charge in [0.05, 0.1) is 13.2 Å². The third-order valence-corrected chi connectivity index (χ3v) is 4.85. The van der Waals surface area contributed by atoms with Gasteiger partial charge in [-0.1, -0.05) is 40.7 Å². The molecule has 0 aliphatic carbocycles. The van der Waals surface area contributed by atoms with Crippen molar-refractivity contribution < 1.29 is 52.3 Å². The van der Waals surface area contributed by atoms with Gasteiger partial charge >= 0.3 is 24.4 Å². The Bertz CT molecular complexity index is 948. The molecule has 12 heteroatoms. The van der Waals surface area contributed by atoms with E-state index in [0.29, 0.717) is 12.0 Å². The van der Waals surface area contributed by atoms with Gasteiger partial charge in [0.25, 0.3) is 0 Å². The number of ether oxygens (including phenoxy) is 7. The van der Waals surface area contributed by atoms with E-state index in [9.17, 15) is 19.2 Å². The second-order valence-electron chi connectivity index (χ2n) is 9.85. The Balaban J connectivity index is 2.83. The summed E-state index contributed by atoms with van der Waals surface area (Å²) in [5.41, 5.74) is 6.48. The summed E-state index contributed by atoms with van der Waals surface area (Å²) in [6, 6.07) is 3.23. The second kappa shape index (κ2) is 17.1. The second-order valence-corrected chi connectivity index (χ2v) is 9.85. The zero-order valence-corrected chi connectivity index (χ0v) is 23.7. The van der Waals surface area contributed by atoms with Crippen LogP contribution in [0, 0.1) is 11.8 Å². The molecule has 3 atom stereocenters. The summed E-state index contributed by atoms with van der Waals surface area (Å²) in [5.74, 6) is -0.771. The maximum absolute atomic E-state index is 12.4. The number of esters is 1. The summed E-state index contributed by atoms with van der Waals surface area (Å²) in [5, 5.41) is 0. The van der Waals surface area contributed by atoms with Gasteiger partial charge in [0.2, 0.25) is 0 Å². The van der Waals surface area contributed by atoms with E-state index in [1.807, 2.05) is 34.6 Å². The molecule has 2 N–H and O–H groups in total. The molecule has 0 spiro atoms. The van der Waals surface area contributed by atoms with Crippen LogP contribution in [0.3, 0.4) is 0 Å².